The summed E-state index contributed by atoms with van der Waals surface area (Å²) in [5.41, 5.74) is -3.77. The van der Waals surface area contributed by atoms with Gasteiger partial charge in [-0.1, -0.05) is 23.7 Å². The molecule has 2 aromatic rings. The van der Waals surface area contributed by atoms with E-state index in [2.05, 4.69) is 4.98 Å². The van der Waals surface area contributed by atoms with Crippen LogP contribution in [0.5, 0.6) is 0 Å². The largest absolute Gasteiger partial charge is 1.00 e. The van der Waals surface area contributed by atoms with Crippen LogP contribution >= 0.6 is 11.6 Å². The molecule has 30 heavy (non-hydrogen) atoms. The molecule has 0 radical (unpaired) electrons. The van der Waals surface area contributed by atoms with Gasteiger partial charge in [0.05, 0.1) is 39.3 Å². The molecule has 0 bridgehead atoms. The van der Waals surface area contributed by atoms with Gasteiger partial charge >= 0.3 is 41.9 Å². The number of hydrogen-bond donors (Lipinski definition) is 1. The van der Waals surface area contributed by atoms with Crippen molar-refractivity contribution in [3.05, 3.63) is 63.9 Å². The Morgan fingerprint density at radius 1 is 1.10 bits per heavy atom. The van der Waals surface area contributed by atoms with Gasteiger partial charge in [0.25, 0.3) is 5.91 Å². The van der Waals surface area contributed by atoms with Gasteiger partial charge in [0.1, 0.15) is 0 Å². The molecule has 156 valence electrons. The number of carbonyl (C=O) groups is 2. The van der Waals surface area contributed by atoms with E-state index >= 15 is 0 Å². The zero-order chi connectivity index (χ0) is 22.0. The summed E-state index contributed by atoms with van der Waals surface area (Å²) in [5, 5.41) is 12.7. The van der Waals surface area contributed by atoms with Crippen molar-refractivity contribution < 1.29 is 70.6 Å². The van der Waals surface area contributed by atoms with Crippen molar-refractivity contribution in [2.24, 2.45) is 0 Å². The Hall–Kier alpha value is -1.82. The van der Waals surface area contributed by atoms with E-state index in [4.69, 9.17) is 11.6 Å². The van der Waals surface area contributed by atoms with E-state index < -0.39 is 64.1 Å². The minimum Gasteiger partial charge on any atom is -0.549 e. The third-order valence-corrected chi connectivity index (χ3v) is 4.06. The molecular formula is C17H10ClF6N2NaO3. The van der Waals surface area contributed by atoms with Gasteiger partial charge in [-0.2, -0.15) is 26.3 Å². The van der Waals surface area contributed by atoms with Gasteiger partial charge < -0.3 is 15.2 Å². The van der Waals surface area contributed by atoms with Crippen LogP contribution in [0.3, 0.4) is 0 Å². The molecule has 0 aliphatic heterocycles. The number of nitrogens with zero attached hydrogens (tertiary/aromatic N) is 1. The van der Waals surface area contributed by atoms with Crippen molar-refractivity contribution in [1.82, 2.24) is 10.3 Å². The summed E-state index contributed by atoms with van der Waals surface area (Å²) in [7, 11) is 0. The van der Waals surface area contributed by atoms with Crippen LogP contribution in [0.4, 0.5) is 26.3 Å². The third kappa shape index (κ3) is 6.34. The Kier molecular flexibility index (Phi) is 8.73. The maximum absolute atomic E-state index is 13.0. The molecule has 1 aromatic heterocycles. The van der Waals surface area contributed by atoms with Crippen molar-refractivity contribution >= 4 is 23.5 Å². The topological polar surface area (TPSA) is 82.1 Å². The number of halogens is 7. The molecule has 0 fully saturated rings. The molecule has 1 heterocycles. The van der Waals surface area contributed by atoms with Crippen LogP contribution in [0.1, 0.15) is 33.1 Å². The molecule has 2 rings (SSSR count). The number of carbonyl (C=O) groups excluding carboxylic acids is 2. The Bertz CT molecular complexity index is 936. The number of amides is 1. The molecule has 1 unspecified atom stereocenters. The Morgan fingerprint density at radius 3 is 2.20 bits per heavy atom. The number of carboxylic acids is 1. The number of carboxylic acid groups (broad SMARTS) is 1. The Balaban J connectivity index is 0.00000450. The maximum Gasteiger partial charge on any atom is 1.00 e. The van der Waals surface area contributed by atoms with Crippen LogP contribution in [0.25, 0.3) is 0 Å². The standard InChI is InChI=1S/C17H11ClF6N2O3.Na/c18-12-5-8(16(19,20)21)6-25-13(12)10(15(28)29)7-26-14(27)9-3-1-2-4-11(9)17(22,23)24;/h1-6,10H,7H2,(H,26,27)(H,28,29);/q;+1/p-1. The quantitative estimate of drug-likeness (QED) is 0.503. The van der Waals surface area contributed by atoms with E-state index in [0.717, 1.165) is 12.1 Å². The van der Waals surface area contributed by atoms with Crippen molar-refractivity contribution in [2.75, 3.05) is 6.54 Å². The van der Waals surface area contributed by atoms with E-state index in [1.54, 1.807) is 0 Å². The number of hydrogen-bond acceptors (Lipinski definition) is 4. The van der Waals surface area contributed by atoms with E-state index in [1.807, 2.05) is 5.32 Å². The molecule has 1 amide bonds. The Labute approximate surface area is 192 Å². The molecule has 13 heteroatoms. The van der Waals surface area contributed by atoms with Crippen LogP contribution in [-0.2, 0) is 17.1 Å². The molecule has 0 spiro atoms. The fourth-order valence-corrected chi connectivity index (χ4v) is 2.67. The minimum atomic E-state index is -4.83. The van der Waals surface area contributed by atoms with Crippen molar-refractivity contribution in [3.63, 3.8) is 0 Å². The summed E-state index contributed by atoms with van der Waals surface area (Å²) in [4.78, 5) is 26.8. The first-order chi connectivity index (χ1) is 13.3. The average molecular weight is 463 g/mol. The zero-order valence-corrected chi connectivity index (χ0v) is 17.8. The predicted octanol–water partition coefficient (Wildman–Crippen LogP) is 0.0401. The van der Waals surface area contributed by atoms with Gasteiger partial charge in [-0.05, 0) is 18.2 Å². The number of aromatic nitrogens is 1. The molecule has 1 aromatic carbocycles. The van der Waals surface area contributed by atoms with Crippen molar-refractivity contribution in [2.45, 2.75) is 18.3 Å². The summed E-state index contributed by atoms with van der Waals surface area (Å²) in [6.07, 6.45) is -9.26. The molecule has 1 atom stereocenters. The van der Waals surface area contributed by atoms with Gasteiger partial charge in [0.2, 0.25) is 0 Å². The van der Waals surface area contributed by atoms with E-state index in [1.165, 1.54) is 6.07 Å². The van der Waals surface area contributed by atoms with Crippen LogP contribution in [0.15, 0.2) is 36.5 Å². The van der Waals surface area contributed by atoms with Gasteiger partial charge in [0, 0.05) is 12.7 Å². The van der Waals surface area contributed by atoms with Gasteiger partial charge in [0.15, 0.2) is 0 Å². The first kappa shape index (κ1) is 26.2. The van der Waals surface area contributed by atoms with Crippen LogP contribution in [0.2, 0.25) is 5.02 Å². The van der Waals surface area contributed by atoms with Crippen molar-refractivity contribution in [1.29, 1.82) is 0 Å². The number of nitrogens with one attached hydrogen (secondary N) is 1. The fourth-order valence-electron chi connectivity index (χ4n) is 2.37. The first-order valence-corrected chi connectivity index (χ1v) is 8.08. The molecule has 5 nitrogen and oxygen atoms in total. The monoisotopic (exact) mass is 462 g/mol. The number of benzene rings is 1. The van der Waals surface area contributed by atoms with Crippen LogP contribution in [0, 0.1) is 0 Å². The van der Waals surface area contributed by atoms with Gasteiger partial charge in [-0.3, -0.25) is 9.78 Å². The normalized spacial score (nSPS) is 12.6. The molecule has 0 aliphatic carbocycles. The molecule has 0 aliphatic rings. The Morgan fingerprint density at radius 2 is 1.70 bits per heavy atom. The predicted molar refractivity (Wildman–Crippen MR) is 85.8 cm³/mol. The average Bonchev–Trinajstić information content (AvgIpc) is 2.61. The molecule has 1 N–H and O–H groups in total. The van der Waals surface area contributed by atoms with E-state index in [-0.39, 0.29) is 29.6 Å². The second-order valence-corrected chi connectivity index (χ2v) is 6.12. The van der Waals surface area contributed by atoms with Crippen molar-refractivity contribution in [3.8, 4) is 0 Å². The summed E-state index contributed by atoms with van der Waals surface area (Å²) >= 11 is 5.68. The fraction of sp³-hybridized carbons (Fsp3) is 0.235. The first-order valence-electron chi connectivity index (χ1n) is 7.70. The second-order valence-electron chi connectivity index (χ2n) is 5.71. The van der Waals surface area contributed by atoms with Gasteiger partial charge in [-0.15, -0.1) is 0 Å². The maximum atomic E-state index is 13.0. The zero-order valence-electron chi connectivity index (χ0n) is 15.1. The van der Waals surface area contributed by atoms with Crippen LogP contribution in [-0.4, -0.2) is 23.4 Å². The third-order valence-electron chi connectivity index (χ3n) is 3.76. The number of aliphatic carboxylic acids is 1. The number of pyridine rings is 1. The molecule has 0 saturated carbocycles. The summed E-state index contributed by atoms with van der Waals surface area (Å²) in [6.45, 7) is -0.814. The van der Waals surface area contributed by atoms with Gasteiger partial charge in [-0.25, -0.2) is 0 Å². The number of rotatable bonds is 5. The smallest absolute Gasteiger partial charge is 0.549 e. The second kappa shape index (κ2) is 9.99. The molecule has 0 saturated heterocycles. The van der Waals surface area contributed by atoms with E-state index in [0.29, 0.717) is 18.3 Å². The number of alkyl halides is 6. The molecular weight excluding hydrogens is 453 g/mol. The van der Waals surface area contributed by atoms with Crippen LogP contribution < -0.4 is 40.0 Å². The summed E-state index contributed by atoms with van der Waals surface area (Å²) in [5.74, 6) is -4.89. The summed E-state index contributed by atoms with van der Waals surface area (Å²) < 4.78 is 76.9. The van der Waals surface area contributed by atoms with E-state index in [9.17, 15) is 41.0 Å². The minimum absolute atomic E-state index is 0. The summed E-state index contributed by atoms with van der Waals surface area (Å²) in [6, 6.07) is 4.24. The SMILES string of the molecule is O=C(NCC(C(=O)[O-])c1ncc(C(F)(F)F)cc1Cl)c1ccccc1C(F)(F)F.[Na+].